The first-order chi connectivity index (χ1) is 13.0. The molecular weight excluding hydrogens is 358 g/mol. The number of aryl methyl sites for hydroxylation is 1. The Morgan fingerprint density at radius 1 is 1.07 bits per heavy atom. The van der Waals surface area contributed by atoms with E-state index in [9.17, 15) is 4.79 Å². The molecule has 5 heteroatoms. The SMILES string of the molecule is Cc1cccc(NC(=O)c2cncc(NCCc3ccc(Cl)cc3)c2)c1C. The Bertz CT molecular complexity index is 939. The number of hydrogen-bond donors (Lipinski definition) is 2. The van der Waals surface area contributed by atoms with Crippen molar-refractivity contribution in [3.8, 4) is 0 Å². The molecule has 2 N–H and O–H groups in total. The number of hydrogen-bond acceptors (Lipinski definition) is 3. The highest BCUT2D eigenvalue weighted by atomic mass is 35.5. The fraction of sp³-hybridized carbons (Fsp3) is 0.182. The molecule has 0 aliphatic carbocycles. The highest BCUT2D eigenvalue weighted by molar-refractivity contribution is 6.30. The molecule has 1 aromatic heterocycles. The molecule has 1 amide bonds. The summed E-state index contributed by atoms with van der Waals surface area (Å²) in [6.07, 6.45) is 4.15. The third-order valence-corrected chi connectivity index (χ3v) is 4.76. The van der Waals surface area contributed by atoms with Crippen molar-refractivity contribution in [3.63, 3.8) is 0 Å². The normalized spacial score (nSPS) is 10.5. The lowest BCUT2D eigenvalue weighted by atomic mass is 10.1. The van der Waals surface area contributed by atoms with E-state index in [-0.39, 0.29) is 5.91 Å². The van der Waals surface area contributed by atoms with Gasteiger partial charge in [0.2, 0.25) is 0 Å². The highest BCUT2D eigenvalue weighted by Gasteiger charge is 2.10. The van der Waals surface area contributed by atoms with Crippen molar-refractivity contribution >= 4 is 28.9 Å². The molecule has 2 aromatic carbocycles. The van der Waals surface area contributed by atoms with Crippen LogP contribution in [0.15, 0.2) is 60.9 Å². The average molecular weight is 380 g/mol. The molecule has 0 unspecified atom stereocenters. The van der Waals surface area contributed by atoms with Gasteiger partial charge in [-0.15, -0.1) is 0 Å². The monoisotopic (exact) mass is 379 g/mol. The summed E-state index contributed by atoms with van der Waals surface area (Å²) in [6, 6.07) is 15.5. The summed E-state index contributed by atoms with van der Waals surface area (Å²) in [5.41, 5.74) is 5.56. The Morgan fingerprint density at radius 2 is 1.85 bits per heavy atom. The number of amides is 1. The smallest absolute Gasteiger partial charge is 0.257 e. The first-order valence-electron chi connectivity index (χ1n) is 8.84. The molecule has 0 spiro atoms. The van der Waals surface area contributed by atoms with Gasteiger partial charge in [0.15, 0.2) is 0 Å². The number of halogens is 1. The number of benzene rings is 2. The van der Waals surface area contributed by atoms with E-state index in [2.05, 4.69) is 15.6 Å². The Balaban J connectivity index is 1.61. The van der Waals surface area contributed by atoms with Gasteiger partial charge in [-0.05, 0) is 61.2 Å². The summed E-state index contributed by atoms with van der Waals surface area (Å²) in [4.78, 5) is 16.7. The van der Waals surface area contributed by atoms with E-state index < -0.39 is 0 Å². The molecule has 0 aliphatic rings. The molecule has 0 atom stereocenters. The van der Waals surface area contributed by atoms with Gasteiger partial charge in [0.1, 0.15) is 0 Å². The van der Waals surface area contributed by atoms with Crippen molar-refractivity contribution in [1.82, 2.24) is 4.98 Å². The van der Waals surface area contributed by atoms with Gasteiger partial charge in [0.05, 0.1) is 11.3 Å². The van der Waals surface area contributed by atoms with E-state index in [0.29, 0.717) is 5.56 Å². The number of aromatic nitrogens is 1. The van der Waals surface area contributed by atoms with Crippen LogP contribution in [0.3, 0.4) is 0 Å². The molecule has 27 heavy (non-hydrogen) atoms. The topological polar surface area (TPSA) is 54.0 Å². The van der Waals surface area contributed by atoms with Gasteiger partial charge in [-0.25, -0.2) is 0 Å². The predicted molar refractivity (Wildman–Crippen MR) is 112 cm³/mol. The second-order valence-electron chi connectivity index (χ2n) is 6.47. The van der Waals surface area contributed by atoms with Crippen LogP contribution in [0.25, 0.3) is 0 Å². The Labute approximate surface area is 164 Å². The first-order valence-corrected chi connectivity index (χ1v) is 9.21. The Kier molecular flexibility index (Phi) is 6.09. The molecule has 0 aliphatic heterocycles. The van der Waals surface area contributed by atoms with Gasteiger partial charge in [0.25, 0.3) is 5.91 Å². The summed E-state index contributed by atoms with van der Waals surface area (Å²) in [5.74, 6) is -0.169. The van der Waals surface area contributed by atoms with E-state index in [0.717, 1.165) is 40.5 Å². The van der Waals surface area contributed by atoms with Gasteiger partial charge in [0, 0.05) is 29.6 Å². The van der Waals surface area contributed by atoms with E-state index >= 15 is 0 Å². The van der Waals surface area contributed by atoms with Crippen LogP contribution in [-0.4, -0.2) is 17.4 Å². The van der Waals surface area contributed by atoms with Gasteiger partial charge >= 0.3 is 0 Å². The van der Waals surface area contributed by atoms with Crippen LogP contribution in [0, 0.1) is 13.8 Å². The maximum Gasteiger partial charge on any atom is 0.257 e. The fourth-order valence-electron chi connectivity index (χ4n) is 2.74. The number of nitrogens with one attached hydrogen (secondary N) is 2. The van der Waals surface area contributed by atoms with Crippen molar-refractivity contribution in [1.29, 1.82) is 0 Å². The maximum absolute atomic E-state index is 12.6. The van der Waals surface area contributed by atoms with Crippen LogP contribution in [0.2, 0.25) is 5.02 Å². The fourth-order valence-corrected chi connectivity index (χ4v) is 2.87. The van der Waals surface area contributed by atoms with Gasteiger partial charge < -0.3 is 10.6 Å². The quantitative estimate of drug-likeness (QED) is 0.614. The van der Waals surface area contributed by atoms with Crippen LogP contribution in [0.5, 0.6) is 0 Å². The lowest BCUT2D eigenvalue weighted by Gasteiger charge is -2.11. The van der Waals surface area contributed by atoms with E-state index in [1.165, 1.54) is 5.56 Å². The van der Waals surface area contributed by atoms with Crippen LogP contribution < -0.4 is 10.6 Å². The molecule has 0 radical (unpaired) electrons. The highest BCUT2D eigenvalue weighted by Crippen LogP contribution is 2.19. The van der Waals surface area contributed by atoms with Crippen molar-refractivity contribution in [2.75, 3.05) is 17.2 Å². The molecule has 0 fully saturated rings. The molecule has 3 rings (SSSR count). The van der Waals surface area contributed by atoms with Crippen LogP contribution in [-0.2, 0) is 6.42 Å². The second kappa shape index (κ2) is 8.69. The minimum Gasteiger partial charge on any atom is -0.383 e. The van der Waals surface area contributed by atoms with E-state index in [4.69, 9.17) is 11.6 Å². The van der Waals surface area contributed by atoms with Crippen molar-refractivity contribution in [2.24, 2.45) is 0 Å². The first kappa shape index (κ1) is 18.9. The van der Waals surface area contributed by atoms with Gasteiger partial charge in [-0.2, -0.15) is 0 Å². The molecular formula is C22H22ClN3O. The van der Waals surface area contributed by atoms with E-state index in [1.54, 1.807) is 12.4 Å². The van der Waals surface area contributed by atoms with Crippen LogP contribution in [0.4, 0.5) is 11.4 Å². The van der Waals surface area contributed by atoms with Crippen molar-refractivity contribution < 1.29 is 4.79 Å². The predicted octanol–water partition coefficient (Wildman–Crippen LogP) is 5.26. The van der Waals surface area contributed by atoms with Gasteiger partial charge in [-0.3, -0.25) is 9.78 Å². The summed E-state index contributed by atoms with van der Waals surface area (Å²) >= 11 is 5.90. The lowest BCUT2D eigenvalue weighted by molar-refractivity contribution is 0.102. The zero-order chi connectivity index (χ0) is 19.2. The number of carbonyl (C=O) groups is 1. The summed E-state index contributed by atoms with van der Waals surface area (Å²) in [5, 5.41) is 7.01. The third-order valence-electron chi connectivity index (χ3n) is 4.51. The number of carbonyl (C=O) groups excluding carboxylic acids is 1. The molecule has 0 bridgehead atoms. The molecule has 3 aromatic rings. The lowest BCUT2D eigenvalue weighted by Crippen LogP contribution is -2.14. The molecule has 0 saturated carbocycles. The Morgan fingerprint density at radius 3 is 2.63 bits per heavy atom. The van der Waals surface area contributed by atoms with Crippen molar-refractivity contribution in [3.05, 3.63) is 88.2 Å². The second-order valence-corrected chi connectivity index (χ2v) is 6.90. The number of nitrogens with zero attached hydrogens (tertiary/aromatic N) is 1. The maximum atomic E-state index is 12.6. The molecule has 4 nitrogen and oxygen atoms in total. The van der Waals surface area contributed by atoms with Crippen molar-refractivity contribution in [2.45, 2.75) is 20.3 Å². The minimum absolute atomic E-state index is 0.169. The number of pyridine rings is 1. The average Bonchev–Trinajstić information content (AvgIpc) is 2.67. The largest absolute Gasteiger partial charge is 0.383 e. The number of rotatable bonds is 6. The summed E-state index contributed by atoms with van der Waals surface area (Å²) in [7, 11) is 0. The molecule has 0 saturated heterocycles. The third kappa shape index (κ3) is 5.08. The molecule has 138 valence electrons. The summed E-state index contributed by atoms with van der Waals surface area (Å²) in [6.45, 7) is 4.76. The Hall–Kier alpha value is -2.85. The number of anilines is 2. The van der Waals surface area contributed by atoms with Crippen LogP contribution >= 0.6 is 11.6 Å². The van der Waals surface area contributed by atoms with E-state index in [1.807, 2.05) is 62.4 Å². The summed E-state index contributed by atoms with van der Waals surface area (Å²) < 4.78 is 0. The standard InChI is InChI=1S/C22H22ClN3O/c1-15-4-3-5-21(16(15)2)26-22(27)18-12-20(14-24-13-18)25-11-10-17-6-8-19(23)9-7-17/h3-9,12-14,25H,10-11H2,1-2H3,(H,26,27). The zero-order valence-corrected chi connectivity index (χ0v) is 16.2. The zero-order valence-electron chi connectivity index (χ0n) is 15.4. The minimum atomic E-state index is -0.169. The van der Waals surface area contributed by atoms with Crippen LogP contribution in [0.1, 0.15) is 27.0 Å². The molecule has 1 heterocycles. The van der Waals surface area contributed by atoms with Gasteiger partial charge in [-0.1, -0.05) is 35.9 Å².